The van der Waals surface area contributed by atoms with Gasteiger partial charge in [-0.2, -0.15) is 0 Å². The van der Waals surface area contributed by atoms with E-state index in [0.29, 0.717) is 0 Å². The van der Waals surface area contributed by atoms with Gasteiger partial charge < -0.3 is 4.90 Å². The average molecular weight is 396 g/mol. The molecule has 0 aliphatic rings. The summed E-state index contributed by atoms with van der Waals surface area (Å²) in [6, 6.07) is 0. The standard InChI is InChI=1S/C27H57N/c1-5-7-20-24-28(25-21-8-6-2)26-22-18-16-14-12-10-9-11-13-15-17-19-23-27(3)4/h27H,5-26H2,1-4H3. The molecule has 0 aromatic heterocycles. The maximum atomic E-state index is 2.76. The Morgan fingerprint density at radius 3 is 1.11 bits per heavy atom. The Morgan fingerprint density at radius 1 is 0.429 bits per heavy atom. The van der Waals surface area contributed by atoms with Gasteiger partial charge in [0.25, 0.3) is 0 Å². The van der Waals surface area contributed by atoms with Crippen molar-refractivity contribution in [1.82, 2.24) is 4.90 Å². The third kappa shape index (κ3) is 22.3. The van der Waals surface area contributed by atoms with Gasteiger partial charge in [-0.15, -0.1) is 0 Å². The van der Waals surface area contributed by atoms with E-state index in [1.54, 1.807) is 0 Å². The van der Waals surface area contributed by atoms with Gasteiger partial charge >= 0.3 is 0 Å². The molecule has 0 saturated carbocycles. The second kappa shape index (κ2) is 23.2. The highest BCUT2D eigenvalue weighted by Gasteiger charge is 2.04. The quantitative estimate of drug-likeness (QED) is 0.156. The highest BCUT2D eigenvalue weighted by atomic mass is 15.1. The van der Waals surface area contributed by atoms with Gasteiger partial charge in [-0.3, -0.25) is 0 Å². The third-order valence-electron chi connectivity index (χ3n) is 6.16. The summed E-state index contributed by atoms with van der Waals surface area (Å²) >= 11 is 0. The van der Waals surface area contributed by atoms with Gasteiger partial charge in [0.15, 0.2) is 0 Å². The topological polar surface area (TPSA) is 3.24 Å². The molecule has 0 aromatic rings. The van der Waals surface area contributed by atoms with Gasteiger partial charge in [-0.05, 0) is 44.8 Å². The van der Waals surface area contributed by atoms with Crippen molar-refractivity contribution < 1.29 is 0 Å². The maximum absolute atomic E-state index is 2.76. The second-order valence-electron chi connectivity index (χ2n) is 9.68. The molecule has 0 fully saturated rings. The molecule has 0 radical (unpaired) electrons. The Morgan fingerprint density at radius 2 is 0.750 bits per heavy atom. The van der Waals surface area contributed by atoms with E-state index in [4.69, 9.17) is 0 Å². The predicted octanol–water partition coefficient (Wildman–Crippen LogP) is 9.40. The molecule has 0 N–H and O–H groups in total. The highest BCUT2D eigenvalue weighted by molar-refractivity contribution is 4.59. The normalized spacial score (nSPS) is 11.8. The molecule has 170 valence electrons. The van der Waals surface area contributed by atoms with E-state index in [2.05, 4.69) is 32.6 Å². The first-order chi connectivity index (χ1) is 13.7. The average Bonchev–Trinajstić information content (AvgIpc) is 2.67. The lowest BCUT2D eigenvalue weighted by Crippen LogP contribution is -2.27. The van der Waals surface area contributed by atoms with Crippen LogP contribution in [0.25, 0.3) is 0 Å². The highest BCUT2D eigenvalue weighted by Crippen LogP contribution is 2.14. The van der Waals surface area contributed by atoms with E-state index < -0.39 is 0 Å². The summed E-state index contributed by atoms with van der Waals surface area (Å²) < 4.78 is 0. The van der Waals surface area contributed by atoms with Gasteiger partial charge in [0, 0.05) is 0 Å². The van der Waals surface area contributed by atoms with Crippen LogP contribution in [0.4, 0.5) is 0 Å². The predicted molar refractivity (Wildman–Crippen MR) is 130 cm³/mol. The second-order valence-corrected chi connectivity index (χ2v) is 9.68. The Hall–Kier alpha value is -0.0400. The van der Waals surface area contributed by atoms with Crippen molar-refractivity contribution in [3.05, 3.63) is 0 Å². The number of hydrogen-bond acceptors (Lipinski definition) is 1. The largest absolute Gasteiger partial charge is 0.303 e. The molecule has 0 bridgehead atoms. The van der Waals surface area contributed by atoms with Crippen molar-refractivity contribution in [1.29, 1.82) is 0 Å². The molecule has 0 amide bonds. The molecule has 0 aromatic carbocycles. The lowest BCUT2D eigenvalue weighted by atomic mass is 10.0. The number of rotatable bonds is 23. The Bertz CT molecular complexity index is 263. The van der Waals surface area contributed by atoms with Crippen LogP contribution in [0.2, 0.25) is 0 Å². The van der Waals surface area contributed by atoms with Crippen LogP contribution in [0.1, 0.15) is 150 Å². The molecule has 0 aliphatic heterocycles. The first-order valence-corrected chi connectivity index (χ1v) is 13.4. The van der Waals surface area contributed by atoms with Crippen LogP contribution in [0.3, 0.4) is 0 Å². The number of unbranched alkanes of at least 4 members (excludes halogenated alkanes) is 15. The van der Waals surface area contributed by atoms with Crippen LogP contribution in [-0.2, 0) is 0 Å². The van der Waals surface area contributed by atoms with E-state index in [1.165, 1.54) is 142 Å². The van der Waals surface area contributed by atoms with E-state index >= 15 is 0 Å². The fraction of sp³-hybridized carbons (Fsp3) is 1.00. The van der Waals surface area contributed by atoms with Crippen LogP contribution in [0.15, 0.2) is 0 Å². The molecule has 0 atom stereocenters. The zero-order valence-corrected chi connectivity index (χ0v) is 20.6. The van der Waals surface area contributed by atoms with Crippen LogP contribution < -0.4 is 0 Å². The first kappa shape index (κ1) is 28.0. The molecule has 28 heavy (non-hydrogen) atoms. The van der Waals surface area contributed by atoms with Crippen molar-refractivity contribution in [2.45, 2.75) is 150 Å². The summed E-state index contributed by atoms with van der Waals surface area (Å²) in [4.78, 5) is 2.76. The summed E-state index contributed by atoms with van der Waals surface area (Å²) in [5, 5.41) is 0. The molecule has 0 aliphatic carbocycles. The monoisotopic (exact) mass is 395 g/mol. The van der Waals surface area contributed by atoms with Gasteiger partial charge in [0.2, 0.25) is 0 Å². The Labute approximate surface area is 180 Å². The van der Waals surface area contributed by atoms with Crippen LogP contribution >= 0.6 is 0 Å². The molecule has 0 saturated heterocycles. The van der Waals surface area contributed by atoms with E-state index in [-0.39, 0.29) is 0 Å². The summed E-state index contributed by atoms with van der Waals surface area (Å²) in [7, 11) is 0. The lowest BCUT2D eigenvalue weighted by molar-refractivity contribution is 0.255. The lowest BCUT2D eigenvalue weighted by Gasteiger charge is -2.22. The maximum Gasteiger partial charge on any atom is -0.00187 e. The summed E-state index contributed by atoms with van der Waals surface area (Å²) in [6.45, 7) is 13.4. The molecule has 1 heteroatoms. The first-order valence-electron chi connectivity index (χ1n) is 13.4. The molecule has 0 rings (SSSR count). The van der Waals surface area contributed by atoms with Crippen molar-refractivity contribution >= 4 is 0 Å². The van der Waals surface area contributed by atoms with Crippen molar-refractivity contribution in [2.24, 2.45) is 5.92 Å². The van der Waals surface area contributed by atoms with Gasteiger partial charge in [-0.25, -0.2) is 0 Å². The fourth-order valence-corrected chi connectivity index (χ4v) is 4.16. The Kier molecular flexibility index (Phi) is 23.2. The Balaban J connectivity index is 3.39. The molecular weight excluding hydrogens is 338 g/mol. The smallest absolute Gasteiger partial charge is 0.00187 e. The fourth-order valence-electron chi connectivity index (χ4n) is 4.16. The summed E-state index contributed by atoms with van der Waals surface area (Å²) in [5.74, 6) is 0.894. The minimum absolute atomic E-state index is 0.894. The summed E-state index contributed by atoms with van der Waals surface area (Å²) in [6.07, 6.45) is 27.3. The summed E-state index contributed by atoms with van der Waals surface area (Å²) in [5.41, 5.74) is 0. The van der Waals surface area contributed by atoms with Crippen molar-refractivity contribution in [3.8, 4) is 0 Å². The third-order valence-corrected chi connectivity index (χ3v) is 6.16. The number of nitrogens with zero attached hydrogens (tertiary/aromatic N) is 1. The molecule has 0 spiro atoms. The minimum Gasteiger partial charge on any atom is -0.303 e. The molecule has 0 heterocycles. The van der Waals surface area contributed by atoms with Gasteiger partial charge in [0.1, 0.15) is 0 Å². The van der Waals surface area contributed by atoms with Crippen molar-refractivity contribution in [3.63, 3.8) is 0 Å². The van der Waals surface area contributed by atoms with Gasteiger partial charge in [-0.1, -0.05) is 130 Å². The number of hydrogen-bond donors (Lipinski definition) is 0. The molecule has 0 unspecified atom stereocenters. The molecular formula is C27H57N. The van der Waals surface area contributed by atoms with Crippen molar-refractivity contribution in [2.75, 3.05) is 19.6 Å². The van der Waals surface area contributed by atoms with E-state index in [1.807, 2.05) is 0 Å². The van der Waals surface area contributed by atoms with Crippen LogP contribution in [0, 0.1) is 5.92 Å². The van der Waals surface area contributed by atoms with Gasteiger partial charge in [0.05, 0.1) is 0 Å². The zero-order valence-electron chi connectivity index (χ0n) is 20.6. The molecule has 1 nitrogen and oxygen atoms in total. The zero-order chi connectivity index (χ0) is 20.7. The SMILES string of the molecule is CCCCCN(CCCCC)CCCCCCCCCCCCCCC(C)C. The van der Waals surface area contributed by atoms with E-state index in [9.17, 15) is 0 Å². The van der Waals surface area contributed by atoms with Crippen LogP contribution in [0.5, 0.6) is 0 Å². The van der Waals surface area contributed by atoms with Crippen LogP contribution in [-0.4, -0.2) is 24.5 Å². The minimum atomic E-state index is 0.894. The van der Waals surface area contributed by atoms with E-state index in [0.717, 1.165) is 5.92 Å².